The lowest BCUT2D eigenvalue weighted by molar-refractivity contribution is -0.122. The Bertz CT molecular complexity index is 1030. The van der Waals surface area contributed by atoms with E-state index in [0.29, 0.717) is 11.9 Å². The van der Waals surface area contributed by atoms with Crippen molar-refractivity contribution in [3.05, 3.63) is 42.2 Å². The molecule has 3 atom stereocenters. The molecule has 1 aliphatic heterocycles. The molecule has 2 aliphatic carbocycles. The third-order valence-corrected chi connectivity index (χ3v) is 9.18. The van der Waals surface area contributed by atoms with E-state index in [0.717, 1.165) is 44.0 Å². The summed E-state index contributed by atoms with van der Waals surface area (Å²) in [5.41, 5.74) is 3.38. The highest BCUT2D eigenvalue weighted by molar-refractivity contribution is 5.78. The Hall–Kier alpha value is -2.67. The Labute approximate surface area is 203 Å². The fourth-order valence-corrected chi connectivity index (χ4v) is 6.34. The molecular formula is C27H38N6O. The maximum absolute atomic E-state index is 12.9. The van der Waals surface area contributed by atoms with Crippen molar-refractivity contribution in [3.63, 3.8) is 0 Å². The number of likely N-dealkylation sites (N-methyl/N-ethyl adjacent to an activating group) is 1. The van der Waals surface area contributed by atoms with Crippen molar-refractivity contribution in [2.24, 2.45) is 16.7 Å². The first-order chi connectivity index (χ1) is 16.2. The van der Waals surface area contributed by atoms with E-state index in [1.54, 1.807) is 6.20 Å². The Morgan fingerprint density at radius 3 is 2.47 bits per heavy atom. The number of carbonyl (C=O) groups is 1. The zero-order valence-electron chi connectivity index (χ0n) is 21.0. The van der Waals surface area contributed by atoms with Gasteiger partial charge in [0.1, 0.15) is 0 Å². The minimum Gasteiger partial charge on any atom is -0.369 e. The van der Waals surface area contributed by atoms with E-state index in [9.17, 15) is 4.79 Å². The van der Waals surface area contributed by atoms with E-state index in [1.807, 2.05) is 6.07 Å². The van der Waals surface area contributed by atoms with Crippen LogP contribution in [0.15, 0.2) is 36.5 Å². The zero-order chi connectivity index (χ0) is 23.9. The Balaban J connectivity index is 1.18. The number of nitrogens with one attached hydrogen (secondary N) is 2. The van der Waals surface area contributed by atoms with Crippen molar-refractivity contribution in [1.29, 1.82) is 0 Å². The zero-order valence-corrected chi connectivity index (χ0v) is 21.0. The number of anilines is 3. The van der Waals surface area contributed by atoms with Crippen LogP contribution in [0.1, 0.15) is 45.7 Å². The average molecular weight is 463 g/mol. The lowest BCUT2D eigenvalue weighted by atomic mass is 9.69. The van der Waals surface area contributed by atoms with Crippen LogP contribution in [-0.2, 0) is 11.2 Å². The smallest absolute Gasteiger partial charge is 0.227 e. The fourth-order valence-electron chi connectivity index (χ4n) is 6.34. The summed E-state index contributed by atoms with van der Waals surface area (Å²) in [5.74, 6) is 1.28. The second kappa shape index (κ2) is 8.84. The second-order valence-electron chi connectivity index (χ2n) is 11.2. The SMILES string of the molecule is CN1CCN(c2ccc(Nc3nccc(CC(=O)NC4CC5CCC4(C)C5(C)C)n3)cc2)CC1. The molecule has 34 heavy (non-hydrogen) atoms. The van der Waals surface area contributed by atoms with Gasteiger partial charge in [-0.25, -0.2) is 9.97 Å². The van der Waals surface area contributed by atoms with Crippen molar-refractivity contribution < 1.29 is 4.79 Å². The predicted molar refractivity (Wildman–Crippen MR) is 136 cm³/mol. The molecule has 1 aromatic heterocycles. The van der Waals surface area contributed by atoms with Gasteiger partial charge in [0.25, 0.3) is 0 Å². The largest absolute Gasteiger partial charge is 0.369 e. The first-order valence-electron chi connectivity index (χ1n) is 12.7. The number of aromatic nitrogens is 2. The molecule has 182 valence electrons. The van der Waals surface area contributed by atoms with Crippen molar-refractivity contribution in [1.82, 2.24) is 20.2 Å². The third kappa shape index (κ3) is 4.26. The van der Waals surface area contributed by atoms with Gasteiger partial charge in [0, 0.05) is 49.8 Å². The van der Waals surface area contributed by atoms with Crippen LogP contribution >= 0.6 is 0 Å². The number of piperazine rings is 1. The molecule has 2 aromatic rings. The highest BCUT2D eigenvalue weighted by Gasteiger charge is 2.61. The summed E-state index contributed by atoms with van der Waals surface area (Å²) < 4.78 is 0. The van der Waals surface area contributed by atoms with Gasteiger partial charge in [-0.2, -0.15) is 0 Å². The van der Waals surface area contributed by atoms with Crippen LogP contribution in [0.3, 0.4) is 0 Å². The van der Waals surface area contributed by atoms with Crippen LogP contribution in [-0.4, -0.2) is 60.0 Å². The molecule has 1 aromatic carbocycles. The quantitative estimate of drug-likeness (QED) is 0.680. The average Bonchev–Trinajstić information content (AvgIpc) is 3.14. The summed E-state index contributed by atoms with van der Waals surface area (Å²) in [6, 6.07) is 10.5. The number of nitrogens with zero attached hydrogens (tertiary/aromatic N) is 4. The van der Waals surface area contributed by atoms with Crippen molar-refractivity contribution in [2.45, 2.75) is 52.5 Å². The minimum atomic E-state index is 0.0516. The molecule has 3 aliphatic rings. The maximum atomic E-state index is 12.9. The molecule has 5 rings (SSSR count). The standard InChI is InChI=1S/C27H38N6O/c1-26(2)19-9-11-27(26,3)23(17-19)31-24(34)18-21-10-12-28-25(30-21)29-20-5-7-22(8-6-20)33-15-13-32(4)14-16-33/h5-8,10,12,19,23H,9,11,13-18H2,1-4H3,(H,31,34)(H,28,29,30). The molecule has 2 bridgehead atoms. The van der Waals surface area contributed by atoms with E-state index in [2.05, 4.69) is 82.5 Å². The molecule has 0 spiro atoms. The lowest BCUT2D eigenvalue weighted by Crippen LogP contribution is -2.47. The molecule has 1 saturated heterocycles. The second-order valence-corrected chi connectivity index (χ2v) is 11.2. The monoisotopic (exact) mass is 462 g/mol. The third-order valence-electron chi connectivity index (χ3n) is 9.18. The van der Waals surface area contributed by atoms with Crippen LogP contribution < -0.4 is 15.5 Å². The van der Waals surface area contributed by atoms with Gasteiger partial charge in [-0.15, -0.1) is 0 Å². The van der Waals surface area contributed by atoms with E-state index in [-0.39, 0.29) is 29.2 Å². The molecule has 2 saturated carbocycles. The van der Waals surface area contributed by atoms with Crippen molar-refractivity contribution in [2.75, 3.05) is 43.4 Å². The van der Waals surface area contributed by atoms with Gasteiger partial charge in [-0.05, 0) is 73.4 Å². The van der Waals surface area contributed by atoms with Crippen LogP contribution in [0.4, 0.5) is 17.3 Å². The number of amides is 1. The number of carbonyl (C=O) groups excluding carboxylic acids is 1. The van der Waals surface area contributed by atoms with E-state index in [1.165, 1.54) is 18.5 Å². The molecule has 2 N–H and O–H groups in total. The summed E-state index contributed by atoms with van der Waals surface area (Å²) in [6.07, 6.45) is 5.57. The number of fused-ring (bicyclic) bond motifs is 2. The summed E-state index contributed by atoms with van der Waals surface area (Å²) in [7, 11) is 2.17. The summed E-state index contributed by atoms with van der Waals surface area (Å²) >= 11 is 0. The molecular weight excluding hydrogens is 424 g/mol. The molecule has 3 fully saturated rings. The van der Waals surface area contributed by atoms with E-state index in [4.69, 9.17) is 0 Å². The molecule has 1 amide bonds. The van der Waals surface area contributed by atoms with Gasteiger partial charge in [0.2, 0.25) is 11.9 Å². The Morgan fingerprint density at radius 1 is 1.09 bits per heavy atom. The van der Waals surface area contributed by atoms with Crippen LogP contribution in [0, 0.1) is 16.7 Å². The van der Waals surface area contributed by atoms with Gasteiger partial charge in [-0.1, -0.05) is 20.8 Å². The minimum absolute atomic E-state index is 0.0516. The molecule has 0 radical (unpaired) electrons. The highest BCUT2D eigenvalue weighted by atomic mass is 16.1. The first-order valence-corrected chi connectivity index (χ1v) is 12.7. The fraction of sp³-hybridized carbons (Fsp3) is 0.593. The highest BCUT2D eigenvalue weighted by Crippen LogP contribution is 2.65. The van der Waals surface area contributed by atoms with Crippen molar-refractivity contribution >= 4 is 23.2 Å². The maximum Gasteiger partial charge on any atom is 0.227 e. The van der Waals surface area contributed by atoms with Gasteiger partial charge in [0.05, 0.1) is 12.1 Å². The number of hydrogen-bond donors (Lipinski definition) is 2. The molecule has 2 heterocycles. The van der Waals surface area contributed by atoms with Gasteiger partial charge in [0.15, 0.2) is 0 Å². The van der Waals surface area contributed by atoms with Gasteiger partial charge < -0.3 is 20.4 Å². The van der Waals surface area contributed by atoms with Crippen LogP contribution in [0.25, 0.3) is 0 Å². The normalized spacial score (nSPS) is 28.2. The number of rotatable bonds is 6. The van der Waals surface area contributed by atoms with Crippen LogP contribution in [0.2, 0.25) is 0 Å². The Morgan fingerprint density at radius 2 is 1.82 bits per heavy atom. The molecule has 3 unspecified atom stereocenters. The molecule has 7 nitrogen and oxygen atoms in total. The van der Waals surface area contributed by atoms with Gasteiger partial charge >= 0.3 is 0 Å². The van der Waals surface area contributed by atoms with E-state index < -0.39 is 0 Å². The molecule has 7 heteroatoms. The van der Waals surface area contributed by atoms with Crippen LogP contribution in [0.5, 0.6) is 0 Å². The van der Waals surface area contributed by atoms with Crippen molar-refractivity contribution in [3.8, 4) is 0 Å². The summed E-state index contributed by atoms with van der Waals surface area (Å²) in [4.78, 5) is 26.6. The number of hydrogen-bond acceptors (Lipinski definition) is 6. The number of benzene rings is 1. The lowest BCUT2D eigenvalue weighted by Gasteiger charge is -2.39. The van der Waals surface area contributed by atoms with Gasteiger partial charge in [-0.3, -0.25) is 4.79 Å². The summed E-state index contributed by atoms with van der Waals surface area (Å²) in [6.45, 7) is 11.4. The first kappa shape index (κ1) is 23.1. The van der Waals surface area contributed by atoms with E-state index >= 15 is 0 Å². The topological polar surface area (TPSA) is 73.4 Å². The Kier molecular flexibility index (Phi) is 6.00. The summed E-state index contributed by atoms with van der Waals surface area (Å²) in [5, 5.41) is 6.62. The predicted octanol–water partition coefficient (Wildman–Crippen LogP) is 3.85.